The van der Waals surface area contributed by atoms with Gasteiger partial charge in [-0.3, -0.25) is 0 Å². The lowest BCUT2D eigenvalue weighted by molar-refractivity contribution is 0.281. The van der Waals surface area contributed by atoms with Crippen LogP contribution in [0, 0.1) is 6.92 Å². The third-order valence-corrected chi connectivity index (χ3v) is 7.33. The van der Waals surface area contributed by atoms with Crippen LogP contribution in [0.4, 0.5) is 5.69 Å². The van der Waals surface area contributed by atoms with E-state index < -0.39 is 0 Å². The van der Waals surface area contributed by atoms with E-state index in [9.17, 15) is 0 Å². The van der Waals surface area contributed by atoms with Crippen molar-refractivity contribution in [3.8, 4) is 0 Å². The SMILES string of the molecule is CCn1cc(CN(C(=S)Nc2cccc(Cl)c2C)C2CCCCCC2)c2ccccc21. The lowest BCUT2D eigenvalue weighted by Gasteiger charge is -2.34. The van der Waals surface area contributed by atoms with E-state index in [2.05, 4.69) is 58.2 Å². The summed E-state index contributed by atoms with van der Waals surface area (Å²) in [6.45, 7) is 6.03. The van der Waals surface area contributed by atoms with Crippen molar-refractivity contribution >= 4 is 45.5 Å². The Morgan fingerprint density at radius 1 is 1.10 bits per heavy atom. The Balaban J connectivity index is 1.66. The first-order valence-electron chi connectivity index (χ1n) is 11.5. The van der Waals surface area contributed by atoms with Gasteiger partial charge in [0.15, 0.2) is 5.11 Å². The summed E-state index contributed by atoms with van der Waals surface area (Å²) in [7, 11) is 0. The standard InChI is InChI=1S/C26H32ClN3S/c1-3-29-17-20(22-13-8-9-16-25(22)29)18-30(21-11-6-4-5-7-12-21)26(31)28-24-15-10-14-23(27)19(24)2/h8-10,13-17,21H,3-7,11-12,18H2,1-2H3,(H,28,31). The van der Waals surface area contributed by atoms with Gasteiger partial charge in [0.05, 0.1) is 0 Å². The number of rotatable bonds is 5. The zero-order valence-electron chi connectivity index (χ0n) is 18.5. The van der Waals surface area contributed by atoms with Crippen LogP contribution >= 0.6 is 23.8 Å². The lowest BCUT2D eigenvalue weighted by Crippen LogP contribution is -2.42. The second-order valence-corrected chi connectivity index (χ2v) is 9.37. The summed E-state index contributed by atoms with van der Waals surface area (Å²) in [5, 5.41) is 6.41. The highest BCUT2D eigenvalue weighted by molar-refractivity contribution is 7.80. The van der Waals surface area contributed by atoms with E-state index in [4.69, 9.17) is 23.8 Å². The van der Waals surface area contributed by atoms with Gasteiger partial charge in [0.1, 0.15) is 0 Å². The molecular weight excluding hydrogens is 422 g/mol. The Bertz CT molecular complexity index is 1050. The Morgan fingerprint density at radius 2 is 1.84 bits per heavy atom. The molecule has 4 rings (SSSR count). The molecule has 0 spiro atoms. The molecule has 31 heavy (non-hydrogen) atoms. The van der Waals surface area contributed by atoms with Crippen LogP contribution in [0.5, 0.6) is 0 Å². The van der Waals surface area contributed by atoms with E-state index in [-0.39, 0.29) is 0 Å². The monoisotopic (exact) mass is 453 g/mol. The number of thiocarbonyl (C=S) groups is 1. The average molecular weight is 454 g/mol. The average Bonchev–Trinajstić information content (AvgIpc) is 2.93. The molecule has 0 aliphatic heterocycles. The topological polar surface area (TPSA) is 20.2 Å². The van der Waals surface area contributed by atoms with Crippen molar-refractivity contribution < 1.29 is 0 Å². The number of fused-ring (bicyclic) bond motifs is 1. The number of nitrogens with zero attached hydrogens (tertiary/aromatic N) is 2. The molecule has 0 bridgehead atoms. The summed E-state index contributed by atoms with van der Waals surface area (Å²) >= 11 is 12.4. The van der Waals surface area contributed by atoms with Crippen molar-refractivity contribution in [2.24, 2.45) is 0 Å². The normalized spacial score (nSPS) is 15.1. The number of benzene rings is 2. The first kappa shape index (κ1) is 22.2. The maximum absolute atomic E-state index is 6.36. The first-order chi connectivity index (χ1) is 15.1. The summed E-state index contributed by atoms with van der Waals surface area (Å²) in [4.78, 5) is 2.43. The molecule has 0 saturated heterocycles. The second-order valence-electron chi connectivity index (χ2n) is 8.57. The van der Waals surface area contributed by atoms with E-state index in [1.807, 2.05) is 19.1 Å². The van der Waals surface area contributed by atoms with Gasteiger partial charge >= 0.3 is 0 Å². The van der Waals surface area contributed by atoms with Gasteiger partial charge in [-0.15, -0.1) is 0 Å². The van der Waals surface area contributed by atoms with Gasteiger partial charge in [-0.1, -0.05) is 61.5 Å². The van der Waals surface area contributed by atoms with Gasteiger partial charge in [0.25, 0.3) is 0 Å². The molecule has 0 radical (unpaired) electrons. The number of para-hydroxylation sites is 1. The van der Waals surface area contributed by atoms with Crippen molar-refractivity contribution in [1.82, 2.24) is 9.47 Å². The smallest absolute Gasteiger partial charge is 0.173 e. The van der Waals surface area contributed by atoms with Gasteiger partial charge < -0.3 is 14.8 Å². The molecule has 3 nitrogen and oxygen atoms in total. The van der Waals surface area contributed by atoms with Gasteiger partial charge in [-0.2, -0.15) is 0 Å². The summed E-state index contributed by atoms with van der Waals surface area (Å²) in [5.74, 6) is 0. The predicted octanol–water partition coefficient (Wildman–Crippen LogP) is 7.54. The molecule has 1 heterocycles. The molecule has 1 saturated carbocycles. The maximum atomic E-state index is 6.36. The zero-order chi connectivity index (χ0) is 21.8. The molecule has 1 aliphatic carbocycles. The molecule has 1 fully saturated rings. The Kier molecular flexibility index (Phi) is 7.19. The van der Waals surface area contributed by atoms with Crippen molar-refractivity contribution in [3.63, 3.8) is 0 Å². The fourth-order valence-electron chi connectivity index (χ4n) is 4.76. The highest BCUT2D eigenvalue weighted by Gasteiger charge is 2.24. The lowest BCUT2D eigenvalue weighted by atomic mass is 10.1. The fourth-order valence-corrected chi connectivity index (χ4v) is 5.26. The summed E-state index contributed by atoms with van der Waals surface area (Å²) in [6.07, 6.45) is 9.90. The van der Waals surface area contributed by atoms with Crippen LogP contribution in [0.25, 0.3) is 10.9 Å². The van der Waals surface area contributed by atoms with Crippen LogP contribution in [-0.2, 0) is 13.1 Å². The van der Waals surface area contributed by atoms with Gasteiger partial charge in [0.2, 0.25) is 0 Å². The molecule has 164 valence electrons. The Hall–Kier alpha value is -2.04. The van der Waals surface area contributed by atoms with Crippen LogP contribution < -0.4 is 5.32 Å². The third kappa shape index (κ3) is 4.91. The molecular formula is C26H32ClN3S. The van der Waals surface area contributed by atoms with Crippen LogP contribution in [0.2, 0.25) is 5.02 Å². The van der Waals surface area contributed by atoms with E-state index >= 15 is 0 Å². The summed E-state index contributed by atoms with van der Waals surface area (Å²) < 4.78 is 2.34. The molecule has 1 aliphatic rings. The van der Waals surface area contributed by atoms with Gasteiger partial charge in [-0.05, 0) is 68.2 Å². The van der Waals surface area contributed by atoms with Crippen molar-refractivity contribution in [2.75, 3.05) is 5.32 Å². The maximum Gasteiger partial charge on any atom is 0.173 e. The van der Waals surface area contributed by atoms with Crippen LogP contribution in [0.1, 0.15) is 56.6 Å². The van der Waals surface area contributed by atoms with E-state index in [0.29, 0.717) is 6.04 Å². The predicted molar refractivity (Wildman–Crippen MR) is 137 cm³/mol. The fraction of sp³-hybridized carbons (Fsp3) is 0.423. The largest absolute Gasteiger partial charge is 0.347 e. The number of halogens is 1. The molecule has 3 aromatic rings. The van der Waals surface area contributed by atoms with Gasteiger partial charge in [-0.25, -0.2) is 0 Å². The van der Waals surface area contributed by atoms with Crippen LogP contribution in [0.3, 0.4) is 0 Å². The summed E-state index contributed by atoms with van der Waals surface area (Å²) in [6, 6.07) is 15.1. The van der Waals surface area contributed by atoms with Crippen molar-refractivity contribution in [2.45, 2.75) is 71.5 Å². The number of anilines is 1. The van der Waals surface area contributed by atoms with Gasteiger partial charge in [0, 0.05) is 46.9 Å². The minimum atomic E-state index is 0.464. The number of aryl methyl sites for hydroxylation is 1. The zero-order valence-corrected chi connectivity index (χ0v) is 20.1. The van der Waals surface area contributed by atoms with Crippen molar-refractivity contribution in [3.05, 3.63) is 64.8 Å². The minimum Gasteiger partial charge on any atom is -0.347 e. The Morgan fingerprint density at radius 3 is 2.58 bits per heavy atom. The number of nitrogens with one attached hydrogen (secondary N) is 1. The molecule has 1 N–H and O–H groups in total. The first-order valence-corrected chi connectivity index (χ1v) is 12.3. The van der Waals surface area contributed by atoms with Crippen LogP contribution in [0.15, 0.2) is 48.7 Å². The number of hydrogen-bond acceptors (Lipinski definition) is 1. The molecule has 5 heteroatoms. The molecule has 1 aromatic heterocycles. The molecule has 0 atom stereocenters. The number of hydrogen-bond donors (Lipinski definition) is 1. The Labute approximate surface area is 196 Å². The molecule has 0 unspecified atom stereocenters. The van der Waals surface area contributed by atoms with E-state index in [1.165, 1.54) is 55.0 Å². The second kappa shape index (κ2) is 10.1. The minimum absolute atomic E-state index is 0.464. The van der Waals surface area contributed by atoms with E-state index in [0.717, 1.165) is 34.5 Å². The number of aromatic nitrogens is 1. The quantitative estimate of drug-likeness (QED) is 0.318. The van der Waals surface area contributed by atoms with Crippen molar-refractivity contribution in [1.29, 1.82) is 0 Å². The summed E-state index contributed by atoms with van der Waals surface area (Å²) in [5.41, 5.74) is 4.67. The van der Waals surface area contributed by atoms with Crippen LogP contribution in [-0.4, -0.2) is 20.6 Å². The molecule has 2 aromatic carbocycles. The highest BCUT2D eigenvalue weighted by Crippen LogP contribution is 2.29. The third-order valence-electron chi connectivity index (χ3n) is 6.59. The molecule has 0 amide bonds. The van der Waals surface area contributed by atoms with E-state index in [1.54, 1.807) is 0 Å². The highest BCUT2D eigenvalue weighted by atomic mass is 35.5.